The number of nitrogens with zero attached hydrogens (tertiary/aromatic N) is 1. The molecule has 0 saturated carbocycles. The van der Waals surface area contributed by atoms with E-state index in [2.05, 4.69) is 22.3 Å². The van der Waals surface area contributed by atoms with Gasteiger partial charge < -0.3 is 14.4 Å². The first kappa shape index (κ1) is 20.7. The predicted octanol–water partition coefficient (Wildman–Crippen LogP) is 5.67. The van der Waals surface area contributed by atoms with E-state index in [1.165, 1.54) is 22.7 Å². The summed E-state index contributed by atoms with van der Waals surface area (Å²) in [6, 6.07) is 12.9. The Hall–Kier alpha value is -3.61. The maximum absolute atomic E-state index is 12.3. The van der Waals surface area contributed by atoms with Crippen LogP contribution in [0.2, 0.25) is 0 Å². The summed E-state index contributed by atoms with van der Waals surface area (Å²) in [5.74, 6) is 5.13. The minimum Gasteiger partial charge on any atom is -0.477 e. The second-order valence-corrected chi connectivity index (χ2v) is 8.73. The summed E-state index contributed by atoms with van der Waals surface area (Å²) < 4.78 is 12.4. The second kappa shape index (κ2) is 8.63. The lowest BCUT2D eigenvalue weighted by Crippen LogP contribution is -2.16. The van der Waals surface area contributed by atoms with Gasteiger partial charge in [-0.1, -0.05) is 35.5 Å². The second-order valence-electron chi connectivity index (χ2n) is 6.56. The highest BCUT2D eigenvalue weighted by Gasteiger charge is 2.18. The monoisotopic (exact) mass is 452 g/mol. The molecule has 0 radical (unpaired) electrons. The smallest absolute Gasteiger partial charge is 0.412 e. The molecule has 1 atom stereocenters. The van der Waals surface area contributed by atoms with Gasteiger partial charge in [0.25, 0.3) is 0 Å². The van der Waals surface area contributed by atoms with Gasteiger partial charge in [0.2, 0.25) is 5.76 Å². The van der Waals surface area contributed by atoms with Crippen LogP contribution in [0.4, 0.5) is 10.5 Å². The van der Waals surface area contributed by atoms with Crippen molar-refractivity contribution in [3.8, 4) is 11.8 Å². The number of hydrogen-bond acceptors (Lipinski definition) is 7. The Morgan fingerprint density at radius 2 is 1.90 bits per heavy atom. The Kier molecular flexibility index (Phi) is 5.75. The summed E-state index contributed by atoms with van der Waals surface area (Å²) in [5.41, 5.74) is 1.71. The molecule has 7 nitrogen and oxygen atoms in total. The van der Waals surface area contributed by atoms with Gasteiger partial charge in [0, 0.05) is 9.40 Å². The van der Waals surface area contributed by atoms with Gasteiger partial charge in [-0.2, -0.15) is 0 Å². The van der Waals surface area contributed by atoms with Gasteiger partial charge in [-0.15, -0.1) is 22.7 Å². The molecule has 0 spiro atoms. The van der Waals surface area contributed by atoms with Crippen molar-refractivity contribution in [2.45, 2.75) is 20.0 Å². The van der Waals surface area contributed by atoms with Gasteiger partial charge in [0.05, 0.1) is 4.88 Å². The van der Waals surface area contributed by atoms with Crippen molar-refractivity contribution in [3.05, 3.63) is 69.2 Å². The number of hydrogen-bond donors (Lipinski definition) is 2. The number of carboxylic acids is 1. The number of carboxylic acid groups (broad SMARTS) is 1. The van der Waals surface area contributed by atoms with Crippen LogP contribution < -0.4 is 5.32 Å². The molecule has 1 aromatic carbocycles. The summed E-state index contributed by atoms with van der Waals surface area (Å²) in [5, 5.41) is 15.6. The first-order chi connectivity index (χ1) is 14.9. The summed E-state index contributed by atoms with van der Waals surface area (Å²) >= 11 is 2.59. The number of fused-ring (bicyclic) bond motifs is 1. The molecule has 3 aromatic heterocycles. The number of aromatic carboxylic acids is 1. The van der Waals surface area contributed by atoms with E-state index in [-0.39, 0.29) is 5.76 Å². The lowest BCUT2D eigenvalue weighted by molar-refractivity contribution is 0.0702. The molecule has 0 fully saturated rings. The van der Waals surface area contributed by atoms with E-state index in [0.29, 0.717) is 16.3 Å². The highest BCUT2D eigenvalue weighted by Crippen LogP contribution is 2.33. The van der Waals surface area contributed by atoms with Crippen LogP contribution in [0.1, 0.15) is 44.6 Å². The van der Waals surface area contributed by atoms with Crippen LogP contribution in [-0.4, -0.2) is 22.3 Å². The summed E-state index contributed by atoms with van der Waals surface area (Å²) in [6.45, 7) is 3.48. The molecule has 31 heavy (non-hydrogen) atoms. The molecule has 9 heteroatoms. The summed E-state index contributed by atoms with van der Waals surface area (Å²) in [7, 11) is 0. The number of nitrogens with one attached hydrogen (secondary N) is 1. The number of thiophene rings is 2. The zero-order valence-corrected chi connectivity index (χ0v) is 18.1. The molecular formula is C22H16N2O5S2. The standard InChI is InChI=1S/C22H16N2O5S2/c1-12-20(23-22(27)28-13(2)14-6-4-3-5-7-14)16(29-24-12)9-8-15-10-17-18(30-15)11-19(31-17)21(25)26/h3-7,10-11,13H,1-2H3,(H,23,27)(H,25,26). The number of ether oxygens (including phenoxy) is 1. The van der Waals surface area contributed by atoms with Crippen LogP contribution in [0, 0.1) is 18.8 Å². The number of anilines is 1. The average Bonchev–Trinajstić information content (AvgIpc) is 3.41. The number of benzene rings is 1. The molecule has 156 valence electrons. The maximum Gasteiger partial charge on any atom is 0.412 e. The van der Waals surface area contributed by atoms with Crippen molar-refractivity contribution in [2.75, 3.05) is 5.32 Å². The number of rotatable bonds is 4. The van der Waals surface area contributed by atoms with E-state index in [0.717, 1.165) is 19.8 Å². The third-order valence-corrected chi connectivity index (χ3v) is 6.56. The molecule has 2 N–H and O–H groups in total. The molecule has 4 aromatic rings. The first-order valence-electron chi connectivity index (χ1n) is 9.18. The van der Waals surface area contributed by atoms with Gasteiger partial charge in [0.15, 0.2) is 0 Å². The summed E-state index contributed by atoms with van der Waals surface area (Å²) in [4.78, 5) is 24.5. The summed E-state index contributed by atoms with van der Waals surface area (Å²) in [6.07, 6.45) is -1.06. The Morgan fingerprint density at radius 3 is 2.61 bits per heavy atom. The molecule has 3 heterocycles. The SMILES string of the molecule is Cc1noc(C#Cc2cc3sc(C(=O)O)cc3s2)c1NC(=O)OC(C)c1ccccc1. The van der Waals surface area contributed by atoms with Crippen molar-refractivity contribution in [1.82, 2.24) is 5.16 Å². The molecule has 0 aliphatic carbocycles. The fraction of sp³-hybridized carbons (Fsp3) is 0.136. The zero-order valence-electron chi connectivity index (χ0n) is 16.5. The zero-order chi connectivity index (χ0) is 22.0. The fourth-order valence-electron chi connectivity index (χ4n) is 2.81. The molecule has 1 unspecified atom stereocenters. The maximum atomic E-state index is 12.3. The Balaban J connectivity index is 1.49. The molecule has 1 amide bonds. The Labute approximate surface area is 185 Å². The van der Waals surface area contributed by atoms with Crippen molar-refractivity contribution < 1.29 is 24.0 Å². The van der Waals surface area contributed by atoms with Gasteiger partial charge >= 0.3 is 12.1 Å². The van der Waals surface area contributed by atoms with Crippen LogP contribution in [-0.2, 0) is 4.74 Å². The van der Waals surface area contributed by atoms with E-state index >= 15 is 0 Å². The number of carbonyl (C=O) groups is 2. The average molecular weight is 453 g/mol. The molecule has 0 bridgehead atoms. The topological polar surface area (TPSA) is 102 Å². The fourth-order valence-corrected chi connectivity index (χ4v) is 4.90. The van der Waals surface area contributed by atoms with E-state index in [4.69, 9.17) is 14.4 Å². The molecule has 0 aliphatic heterocycles. The van der Waals surface area contributed by atoms with E-state index in [1.54, 1.807) is 19.9 Å². The van der Waals surface area contributed by atoms with E-state index in [1.807, 2.05) is 36.4 Å². The van der Waals surface area contributed by atoms with Crippen LogP contribution in [0.15, 0.2) is 47.0 Å². The van der Waals surface area contributed by atoms with Crippen LogP contribution in [0.25, 0.3) is 9.40 Å². The van der Waals surface area contributed by atoms with Crippen molar-refractivity contribution in [3.63, 3.8) is 0 Å². The third kappa shape index (κ3) is 4.60. The number of aromatic nitrogens is 1. The van der Waals surface area contributed by atoms with Crippen LogP contribution >= 0.6 is 22.7 Å². The lowest BCUT2D eigenvalue weighted by Gasteiger charge is -2.13. The number of aryl methyl sites for hydroxylation is 1. The van der Waals surface area contributed by atoms with E-state index in [9.17, 15) is 9.59 Å². The minimum absolute atomic E-state index is 0.213. The molecular weight excluding hydrogens is 436 g/mol. The lowest BCUT2D eigenvalue weighted by atomic mass is 10.1. The van der Waals surface area contributed by atoms with Gasteiger partial charge in [-0.25, -0.2) is 9.59 Å². The number of amides is 1. The minimum atomic E-state index is -0.942. The molecule has 0 aliphatic rings. The van der Waals surface area contributed by atoms with Gasteiger partial charge in [0.1, 0.15) is 22.4 Å². The van der Waals surface area contributed by atoms with Crippen molar-refractivity contribution in [1.29, 1.82) is 0 Å². The van der Waals surface area contributed by atoms with E-state index < -0.39 is 18.2 Å². The predicted molar refractivity (Wildman–Crippen MR) is 119 cm³/mol. The third-order valence-electron chi connectivity index (χ3n) is 4.36. The molecule has 0 saturated heterocycles. The normalized spacial score (nSPS) is 11.5. The highest BCUT2D eigenvalue weighted by molar-refractivity contribution is 7.28. The van der Waals surface area contributed by atoms with Gasteiger partial charge in [-0.3, -0.25) is 5.32 Å². The number of carbonyl (C=O) groups excluding carboxylic acids is 1. The quantitative estimate of drug-likeness (QED) is 0.387. The first-order valence-corrected chi connectivity index (χ1v) is 10.8. The van der Waals surface area contributed by atoms with Crippen LogP contribution in [0.5, 0.6) is 0 Å². The van der Waals surface area contributed by atoms with Gasteiger partial charge in [-0.05, 0) is 43.4 Å². The Bertz CT molecular complexity index is 1290. The Morgan fingerprint density at radius 1 is 1.16 bits per heavy atom. The molecule has 4 rings (SSSR count). The van der Waals surface area contributed by atoms with Crippen molar-refractivity contribution >= 4 is 49.8 Å². The highest BCUT2D eigenvalue weighted by atomic mass is 32.1. The van der Waals surface area contributed by atoms with Crippen LogP contribution in [0.3, 0.4) is 0 Å². The largest absolute Gasteiger partial charge is 0.477 e. The van der Waals surface area contributed by atoms with Crippen molar-refractivity contribution in [2.24, 2.45) is 0 Å².